The van der Waals surface area contributed by atoms with Gasteiger partial charge in [-0.05, 0) is 26.0 Å². The molecule has 1 saturated heterocycles. The van der Waals surface area contributed by atoms with Crippen LogP contribution >= 0.6 is 0 Å². The Hall–Kier alpha value is -1.81. The molecule has 0 atom stereocenters. The average molecular weight is 271 g/mol. The second kappa shape index (κ2) is 5.67. The van der Waals surface area contributed by atoms with Crippen LogP contribution < -0.4 is 4.90 Å². The van der Waals surface area contributed by atoms with Crippen molar-refractivity contribution >= 4 is 5.69 Å². The number of benzene rings is 1. The van der Waals surface area contributed by atoms with Crippen LogP contribution in [0.5, 0.6) is 0 Å². The molecule has 1 aromatic heterocycles. The molecule has 3 rings (SSSR count). The maximum atomic E-state index is 5.29. The van der Waals surface area contributed by atoms with Gasteiger partial charge >= 0.3 is 0 Å². The number of anilines is 1. The van der Waals surface area contributed by atoms with Crippen LogP contribution in [0, 0.1) is 13.8 Å². The lowest BCUT2D eigenvalue weighted by atomic mass is 10.2. The summed E-state index contributed by atoms with van der Waals surface area (Å²) in [6.07, 6.45) is 0. The van der Waals surface area contributed by atoms with Gasteiger partial charge in [0, 0.05) is 37.9 Å². The van der Waals surface area contributed by atoms with Crippen LogP contribution in [0.4, 0.5) is 5.69 Å². The van der Waals surface area contributed by atoms with Crippen LogP contribution in [0.1, 0.15) is 17.0 Å². The number of aryl methyl sites for hydroxylation is 2. The van der Waals surface area contributed by atoms with E-state index in [1.807, 2.05) is 13.0 Å². The van der Waals surface area contributed by atoms with Gasteiger partial charge < -0.3 is 9.42 Å². The first-order chi connectivity index (χ1) is 9.70. The normalized spacial score (nSPS) is 16.6. The molecule has 0 spiro atoms. The minimum absolute atomic E-state index is 0.864. The highest BCUT2D eigenvalue weighted by molar-refractivity contribution is 5.47. The zero-order valence-electron chi connectivity index (χ0n) is 12.2. The predicted molar refractivity (Wildman–Crippen MR) is 79.9 cm³/mol. The van der Waals surface area contributed by atoms with Crippen molar-refractivity contribution in [3.05, 3.63) is 47.3 Å². The summed E-state index contributed by atoms with van der Waals surface area (Å²) in [4.78, 5) is 4.87. The third-order valence-corrected chi connectivity index (χ3v) is 3.83. The van der Waals surface area contributed by atoms with Crippen molar-refractivity contribution in [2.75, 3.05) is 31.1 Å². The molecule has 0 aliphatic carbocycles. The highest BCUT2D eigenvalue weighted by Crippen LogP contribution is 2.18. The molecule has 2 heterocycles. The smallest absolute Gasteiger partial charge is 0.150 e. The van der Waals surface area contributed by atoms with Gasteiger partial charge in [0.25, 0.3) is 0 Å². The first-order valence-electron chi connectivity index (χ1n) is 7.17. The maximum absolute atomic E-state index is 5.29. The first-order valence-corrected chi connectivity index (χ1v) is 7.17. The summed E-state index contributed by atoms with van der Waals surface area (Å²) >= 11 is 0. The van der Waals surface area contributed by atoms with E-state index in [1.54, 1.807) is 0 Å². The lowest BCUT2D eigenvalue weighted by Crippen LogP contribution is -2.45. The Labute approximate surface area is 120 Å². The Balaban J connectivity index is 1.55. The molecule has 2 aromatic rings. The molecule has 0 unspecified atom stereocenters. The van der Waals surface area contributed by atoms with Crippen LogP contribution in [-0.4, -0.2) is 36.2 Å². The zero-order chi connectivity index (χ0) is 13.9. The van der Waals surface area contributed by atoms with Gasteiger partial charge in [-0.25, -0.2) is 0 Å². The number of nitrogens with zero attached hydrogens (tertiary/aromatic N) is 3. The van der Waals surface area contributed by atoms with E-state index in [2.05, 4.69) is 46.1 Å². The average Bonchev–Trinajstić information content (AvgIpc) is 2.86. The number of rotatable bonds is 3. The predicted octanol–water partition coefficient (Wildman–Crippen LogP) is 2.61. The molecule has 4 heteroatoms. The fourth-order valence-corrected chi connectivity index (χ4v) is 2.63. The lowest BCUT2D eigenvalue weighted by molar-refractivity contribution is 0.219. The second-order valence-electron chi connectivity index (χ2n) is 5.53. The van der Waals surface area contributed by atoms with Gasteiger partial charge in [-0.1, -0.05) is 22.9 Å². The van der Waals surface area contributed by atoms with E-state index in [9.17, 15) is 0 Å². The van der Waals surface area contributed by atoms with Crippen molar-refractivity contribution in [2.24, 2.45) is 0 Å². The summed E-state index contributed by atoms with van der Waals surface area (Å²) in [7, 11) is 0. The molecule has 0 bridgehead atoms. The van der Waals surface area contributed by atoms with E-state index in [0.717, 1.165) is 44.2 Å². The van der Waals surface area contributed by atoms with Gasteiger partial charge in [0.1, 0.15) is 0 Å². The molecule has 1 aliphatic rings. The van der Waals surface area contributed by atoms with Crippen molar-refractivity contribution in [3.8, 4) is 0 Å². The molecule has 4 nitrogen and oxygen atoms in total. The highest BCUT2D eigenvalue weighted by atomic mass is 16.5. The first kappa shape index (κ1) is 13.2. The Morgan fingerprint density at radius 2 is 1.75 bits per heavy atom. The van der Waals surface area contributed by atoms with Crippen molar-refractivity contribution in [1.29, 1.82) is 0 Å². The van der Waals surface area contributed by atoms with Gasteiger partial charge in [-0.2, -0.15) is 0 Å². The highest BCUT2D eigenvalue weighted by Gasteiger charge is 2.18. The van der Waals surface area contributed by atoms with E-state index in [-0.39, 0.29) is 0 Å². The van der Waals surface area contributed by atoms with E-state index in [1.165, 1.54) is 11.3 Å². The fraction of sp³-hybridized carbons (Fsp3) is 0.438. The minimum Gasteiger partial charge on any atom is -0.369 e. The van der Waals surface area contributed by atoms with Gasteiger partial charge in [-0.3, -0.25) is 4.90 Å². The quantitative estimate of drug-likeness (QED) is 0.859. The van der Waals surface area contributed by atoms with Crippen LogP contribution in [0.2, 0.25) is 0 Å². The van der Waals surface area contributed by atoms with Gasteiger partial charge in [-0.15, -0.1) is 0 Å². The number of hydrogen-bond acceptors (Lipinski definition) is 4. The molecular weight excluding hydrogens is 250 g/mol. The molecular formula is C16H21N3O. The van der Waals surface area contributed by atoms with Crippen molar-refractivity contribution in [1.82, 2.24) is 10.1 Å². The molecule has 1 fully saturated rings. The van der Waals surface area contributed by atoms with Crippen LogP contribution in [0.15, 0.2) is 34.9 Å². The molecule has 1 aliphatic heterocycles. The third-order valence-electron chi connectivity index (χ3n) is 3.83. The molecule has 20 heavy (non-hydrogen) atoms. The summed E-state index contributed by atoms with van der Waals surface area (Å²) in [5.74, 6) is 0.964. The number of hydrogen-bond donors (Lipinski definition) is 0. The monoisotopic (exact) mass is 271 g/mol. The van der Waals surface area contributed by atoms with E-state index < -0.39 is 0 Å². The minimum atomic E-state index is 0.864. The third kappa shape index (κ3) is 3.02. The fourth-order valence-electron chi connectivity index (χ4n) is 2.63. The topological polar surface area (TPSA) is 32.5 Å². The number of piperazine rings is 1. The Morgan fingerprint density at radius 3 is 2.35 bits per heavy atom. The zero-order valence-corrected chi connectivity index (χ0v) is 12.2. The van der Waals surface area contributed by atoms with Crippen LogP contribution in [-0.2, 0) is 6.54 Å². The Morgan fingerprint density at radius 1 is 1.05 bits per heavy atom. The van der Waals surface area contributed by atoms with E-state index in [0.29, 0.717) is 0 Å². The summed E-state index contributed by atoms with van der Waals surface area (Å²) in [5, 5.41) is 3.94. The standard InChI is InChI=1S/C16H21N3O/c1-13-3-5-15(6-4-13)19-9-7-18(8-10-19)12-16-11-14(2)17-20-16/h3-6,11H,7-10,12H2,1-2H3. The lowest BCUT2D eigenvalue weighted by Gasteiger charge is -2.35. The summed E-state index contributed by atoms with van der Waals surface area (Å²) in [6, 6.07) is 10.8. The van der Waals surface area contributed by atoms with Gasteiger partial charge in [0.2, 0.25) is 0 Å². The van der Waals surface area contributed by atoms with E-state index in [4.69, 9.17) is 4.52 Å². The molecule has 0 amide bonds. The van der Waals surface area contributed by atoms with Crippen molar-refractivity contribution < 1.29 is 4.52 Å². The van der Waals surface area contributed by atoms with Crippen LogP contribution in [0.25, 0.3) is 0 Å². The van der Waals surface area contributed by atoms with Crippen LogP contribution in [0.3, 0.4) is 0 Å². The number of aromatic nitrogens is 1. The van der Waals surface area contributed by atoms with Crippen molar-refractivity contribution in [3.63, 3.8) is 0 Å². The summed E-state index contributed by atoms with van der Waals surface area (Å²) in [6.45, 7) is 9.21. The SMILES string of the molecule is Cc1ccc(N2CCN(Cc3cc(C)no3)CC2)cc1. The van der Waals surface area contributed by atoms with Crippen molar-refractivity contribution in [2.45, 2.75) is 20.4 Å². The van der Waals surface area contributed by atoms with Gasteiger partial charge in [0.15, 0.2) is 5.76 Å². The largest absolute Gasteiger partial charge is 0.369 e. The van der Waals surface area contributed by atoms with Gasteiger partial charge in [0.05, 0.1) is 12.2 Å². The molecule has 106 valence electrons. The maximum Gasteiger partial charge on any atom is 0.150 e. The Bertz CT molecular complexity index is 553. The molecule has 0 N–H and O–H groups in total. The molecule has 1 aromatic carbocycles. The summed E-state index contributed by atoms with van der Waals surface area (Å²) < 4.78 is 5.29. The van der Waals surface area contributed by atoms with E-state index >= 15 is 0 Å². The molecule has 0 saturated carbocycles. The summed E-state index contributed by atoms with van der Waals surface area (Å²) in [5.41, 5.74) is 3.59. The molecule has 0 radical (unpaired) electrons. The second-order valence-corrected chi connectivity index (χ2v) is 5.53. The Kier molecular flexibility index (Phi) is 3.74.